The van der Waals surface area contributed by atoms with E-state index in [0.29, 0.717) is 12.3 Å². The summed E-state index contributed by atoms with van der Waals surface area (Å²) in [6.45, 7) is 5.32. The number of benzene rings is 1. The molecule has 0 radical (unpaired) electrons. The van der Waals surface area contributed by atoms with Crippen molar-refractivity contribution in [2.24, 2.45) is 5.92 Å². The normalized spacial score (nSPS) is 17.0. The Bertz CT molecular complexity index is 943. The van der Waals surface area contributed by atoms with Crippen molar-refractivity contribution in [2.45, 2.75) is 19.9 Å². The number of hydrogen-bond acceptors (Lipinski definition) is 7. The van der Waals surface area contributed by atoms with Crippen LogP contribution in [0.5, 0.6) is 0 Å². The molecule has 1 fully saturated rings. The number of fused-ring (bicyclic) bond motifs is 1. The highest BCUT2D eigenvalue weighted by Gasteiger charge is 2.27. The van der Waals surface area contributed by atoms with E-state index >= 15 is 0 Å². The van der Waals surface area contributed by atoms with Crippen LogP contribution in [0.3, 0.4) is 0 Å². The fourth-order valence-corrected chi connectivity index (χ4v) is 4.11. The maximum atomic E-state index is 11.8. The predicted octanol–water partition coefficient (Wildman–Crippen LogP) is 2.79. The van der Waals surface area contributed by atoms with Gasteiger partial charge < -0.3 is 15.5 Å². The van der Waals surface area contributed by atoms with Crippen molar-refractivity contribution in [2.75, 3.05) is 25.0 Å². The maximum absolute atomic E-state index is 11.8. The number of likely N-dealkylation sites (tertiary alicyclic amines) is 1. The van der Waals surface area contributed by atoms with Gasteiger partial charge >= 0.3 is 0 Å². The fraction of sp³-hybridized carbons (Fsp3) is 0.368. The monoisotopic (exact) mass is 382 g/mol. The zero-order valence-corrected chi connectivity index (χ0v) is 16.0. The number of anilines is 2. The first-order chi connectivity index (χ1) is 13.2. The first-order valence-electron chi connectivity index (χ1n) is 9.12. The van der Waals surface area contributed by atoms with Gasteiger partial charge in [0.05, 0.1) is 11.0 Å². The molecular weight excluding hydrogens is 360 g/mol. The van der Waals surface area contributed by atoms with E-state index in [2.05, 4.69) is 25.6 Å². The van der Waals surface area contributed by atoms with E-state index in [-0.39, 0.29) is 5.91 Å². The van der Waals surface area contributed by atoms with Gasteiger partial charge in [0.1, 0.15) is 0 Å². The Hall–Kier alpha value is -2.58. The van der Waals surface area contributed by atoms with Crippen molar-refractivity contribution in [1.29, 1.82) is 0 Å². The number of nitrogens with one attached hydrogen (secondary N) is 2. The predicted molar refractivity (Wildman–Crippen MR) is 107 cm³/mol. The van der Waals surface area contributed by atoms with Gasteiger partial charge in [-0.3, -0.25) is 14.8 Å². The van der Waals surface area contributed by atoms with Gasteiger partial charge in [0.15, 0.2) is 5.13 Å². The molecule has 2 N–H and O–H groups in total. The summed E-state index contributed by atoms with van der Waals surface area (Å²) in [5.74, 6) is 0.676. The Morgan fingerprint density at radius 3 is 2.89 bits per heavy atom. The summed E-state index contributed by atoms with van der Waals surface area (Å²) < 4.78 is 0. The van der Waals surface area contributed by atoms with Gasteiger partial charge in [-0.2, -0.15) is 0 Å². The molecule has 1 atom stereocenters. The lowest BCUT2D eigenvalue weighted by Crippen LogP contribution is -2.27. The van der Waals surface area contributed by atoms with Crippen molar-refractivity contribution < 1.29 is 4.79 Å². The first kappa shape index (κ1) is 17.8. The van der Waals surface area contributed by atoms with Crippen molar-refractivity contribution in [1.82, 2.24) is 25.2 Å². The molecule has 0 bridgehead atoms. The van der Waals surface area contributed by atoms with Crippen LogP contribution < -0.4 is 10.6 Å². The molecule has 1 amide bonds. The lowest BCUT2D eigenvalue weighted by Gasteiger charge is -2.13. The molecule has 1 aliphatic heterocycles. The summed E-state index contributed by atoms with van der Waals surface area (Å²) in [5.41, 5.74) is 2.67. The molecule has 8 heteroatoms. The number of carbonyl (C=O) groups is 1. The van der Waals surface area contributed by atoms with E-state index in [1.54, 1.807) is 23.7 Å². The Morgan fingerprint density at radius 1 is 1.22 bits per heavy atom. The van der Waals surface area contributed by atoms with E-state index in [0.717, 1.165) is 52.9 Å². The topological polar surface area (TPSA) is 83.0 Å². The Morgan fingerprint density at radius 2 is 2.07 bits per heavy atom. The average molecular weight is 382 g/mol. The number of thiazole rings is 1. The van der Waals surface area contributed by atoms with Gasteiger partial charge in [-0.25, -0.2) is 4.98 Å². The number of rotatable bonds is 7. The summed E-state index contributed by atoms with van der Waals surface area (Å²) in [4.78, 5) is 27.9. The quantitative estimate of drug-likeness (QED) is 0.654. The standard InChI is InChI=1S/C19H22N6OS/c1-2-25-12-13(7-18(25)26)9-20-10-15-11-23-19(27-15)24-14-3-4-16-17(8-14)22-6-5-21-16/h3-6,8,11,13,20H,2,7,9-10,12H2,1H3,(H,23,24). The van der Waals surface area contributed by atoms with Crippen LogP contribution in [-0.2, 0) is 11.3 Å². The third kappa shape index (κ3) is 4.23. The molecule has 3 heterocycles. The zero-order chi connectivity index (χ0) is 18.6. The molecule has 1 saturated heterocycles. The van der Waals surface area contributed by atoms with Gasteiger partial charge in [-0.05, 0) is 31.0 Å². The first-order valence-corrected chi connectivity index (χ1v) is 9.94. The largest absolute Gasteiger partial charge is 0.343 e. The van der Waals surface area contributed by atoms with Gasteiger partial charge in [0.2, 0.25) is 5.91 Å². The summed E-state index contributed by atoms with van der Waals surface area (Å²) in [7, 11) is 0. The summed E-state index contributed by atoms with van der Waals surface area (Å²) in [6, 6.07) is 5.90. The van der Waals surface area contributed by atoms with Crippen molar-refractivity contribution in [3.05, 3.63) is 41.7 Å². The third-order valence-corrected chi connectivity index (χ3v) is 5.60. The highest BCUT2D eigenvalue weighted by atomic mass is 32.1. The van der Waals surface area contributed by atoms with Crippen LogP contribution in [0.2, 0.25) is 0 Å². The minimum absolute atomic E-state index is 0.272. The van der Waals surface area contributed by atoms with Crippen molar-refractivity contribution in [3.8, 4) is 0 Å². The molecule has 0 aliphatic carbocycles. The van der Waals surface area contributed by atoms with Crippen LogP contribution in [0.4, 0.5) is 10.8 Å². The van der Waals surface area contributed by atoms with Gasteiger partial charge in [-0.1, -0.05) is 0 Å². The zero-order valence-electron chi connectivity index (χ0n) is 15.2. The third-order valence-electron chi connectivity index (χ3n) is 4.68. The lowest BCUT2D eigenvalue weighted by molar-refractivity contribution is -0.127. The Labute approximate surface area is 161 Å². The molecule has 0 saturated carbocycles. The molecule has 4 rings (SSSR count). The number of hydrogen-bond donors (Lipinski definition) is 2. The second-order valence-corrected chi connectivity index (χ2v) is 7.77. The van der Waals surface area contributed by atoms with E-state index in [1.807, 2.05) is 36.2 Å². The van der Waals surface area contributed by atoms with Crippen LogP contribution in [0.25, 0.3) is 11.0 Å². The summed E-state index contributed by atoms with van der Waals surface area (Å²) >= 11 is 1.62. The smallest absolute Gasteiger partial charge is 0.222 e. The summed E-state index contributed by atoms with van der Waals surface area (Å²) in [5, 5.41) is 7.63. The maximum Gasteiger partial charge on any atom is 0.222 e. The second-order valence-electron chi connectivity index (χ2n) is 6.65. The number of nitrogens with zero attached hydrogens (tertiary/aromatic N) is 4. The molecule has 3 aromatic rings. The lowest BCUT2D eigenvalue weighted by atomic mass is 10.1. The molecule has 0 spiro atoms. The molecule has 2 aromatic heterocycles. The molecular formula is C19H22N6OS. The minimum atomic E-state index is 0.272. The molecule has 1 unspecified atom stereocenters. The number of carbonyl (C=O) groups excluding carboxylic acids is 1. The van der Waals surface area contributed by atoms with E-state index in [1.165, 1.54) is 0 Å². The van der Waals surface area contributed by atoms with Crippen LogP contribution in [0.15, 0.2) is 36.8 Å². The fourth-order valence-electron chi connectivity index (χ4n) is 3.31. The molecule has 27 heavy (non-hydrogen) atoms. The highest BCUT2D eigenvalue weighted by molar-refractivity contribution is 7.15. The number of amides is 1. The molecule has 140 valence electrons. The van der Waals surface area contributed by atoms with Gasteiger partial charge in [0.25, 0.3) is 0 Å². The average Bonchev–Trinajstić information content (AvgIpc) is 3.27. The number of aromatic nitrogens is 3. The summed E-state index contributed by atoms with van der Waals surface area (Å²) in [6.07, 6.45) is 5.92. The Balaban J connectivity index is 1.30. The van der Waals surface area contributed by atoms with E-state index < -0.39 is 0 Å². The van der Waals surface area contributed by atoms with Crippen molar-refractivity contribution in [3.63, 3.8) is 0 Å². The van der Waals surface area contributed by atoms with Gasteiger partial charge in [0, 0.05) is 61.8 Å². The van der Waals surface area contributed by atoms with Crippen LogP contribution >= 0.6 is 11.3 Å². The van der Waals surface area contributed by atoms with Crippen LogP contribution in [0, 0.1) is 5.92 Å². The van der Waals surface area contributed by atoms with E-state index in [9.17, 15) is 4.79 Å². The van der Waals surface area contributed by atoms with E-state index in [4.69, 9.17) is 0 Å². The van der Waals surface area contributed by atoms with Gasteiger partial charge in [-0.15, -0.1) is 11.3 Å². The molecule has 1 aliphatic rings. The van der Waals surface area contributed by atoms with Crippen LogP contribution in [-0.4, -0.2) is 45.4 Å². The minimum Gasteiger partial charge on any atom is -0.343 e. The second kappa shape index (κ2) is 7.98. The SMILES string of the molecule is CCN1CC(CNCc2cnc(Nc3ccc4nccnc4c3)s2)CC1=O. The highest BCUT2D eigenvalue weighted by Crippen LogP contribution is 2.24. The Kier molecular flexibility index (Phi) is 5.26. The van der Waals surface area contributed by atoms with Crippen molar-refractivity contribution >= 4 is 39.1 Å². The molecule has 1 aromatic carbocycles. The van der Waals surface area contributed by atoms with Crippen LogP contribution in [0.1, 0.15) is 18.2 Å². The molecule has 7 nitrogen and oxygen atoms in total.